The van der Waals surface area contributed by atoms with Crippen LogP contribution in [0.4, 0.5) is 0 Å². The first-order valence-corrected chi connectivity index (χ1v) is 5.53. The molecule has 0 aromatic heterocycles. The summed E-state index contributed by atoms with van der Waals surface area (Å²) in [7, 11) is 0. The van der Waals surface area contributed by atoms with E-state index >= 15 is 0 Å². The third kappa shape index (κ3) is 3.00. The minimum atomic E-state index is 0.795. The van der Waals surface area contributed by atoms with Gasteiger partial charge in [-0.2, -0.15) is 0 Å². The lowest BCUT2D eigenvalue weighted by Gasteiger charge is -1.95. The van der Waals surface area contributed by atoms with Gasteiger partial charge in [-0.1, -0.05) is 24.3 Å². The molecule has 2 aliphatic rings. The van der Waals surface area contributed by atoms with Gasteiger partial charge in [-0.25, -0.2) is 0 Å². The molecule has 2 rings (SSSR count). The smallest absolute Gasteiger partial charge is 0.0259 e. The van der Waals surface area contributed by atoms with E-state index in [0.717, 1.165) is 12.1 Å². The Kier molecular flexibility index (Phi) is 3.20. The summed E-state index contributed by atoms with van der Waals surface area (Å²) in [5.74, 6) is 0. The highest BCUT2D eigenvalue weighted by atomic mass is 15.1. The molecular weight excluding hydrogens is 158 g/mol. The Bertz CT molecular complexity index is 205. The van der Waals surface area contributed by atoms with E-state index < -0.39 is 0 Å². The molecule has 0 saturated carbocycles. The minimum absolute atomic E-state index is 0.795. The summed E-state index contributed by atoms with van der Waals surface area (Å²) in [5, 5.41) is 3.52. The molecule has 1 heterocycles. The van der Waals surface area contributed by atoms with E-state index in [1.807, 2.05) is 0 Å². The molecule has 0 aromatic rings. The molecule has 1 N–H and O–H groups in total. The van der Waals surface area contributed by atoms with Gasteiger partial charge in [-0.3, -0.25) is 0 Å². The lowest BCUT2D eigenvalue weighted by molar-refractivity contribution is 0.778. The van der Waals surface area contributed by atoms with Crippen molar-refractivity contribution in [2.75, 3.05) is 0 Å². The van der Waals surface area contributed by atoms with Gasteiger partial charge in [0.1, 0.15) is 0 Å². The van der Waals surface area contributed by atoms with Crippen molar-refractivity contribution in [3.63, 3.8) is 0 Å². The topological polar surface area (TPSA) is 21.9 Å². The Labute approximate surface area is 80.9 Å². The van der Waals surface area contributed by atoms with E-state index in [1.54, 1.807) is 0 Å². The molecule has 1 saturated heterocycles. The Hall–Kier alpha value is -0.560. The lowest BCUT2D eigenvalue weighted by atomic mass is 10.1. The maximum absolute atomic E-state index is 3.52. The van der Waals surface area contributed by atoms with Crippen LogP contribution in [0.1, 0.15) is 38.5 Å². The quantitative estimate of drug-likeness (QED) is 0.446. The van der Waals surface area contributed by atoms with Gasteiger partial charge < -0.3 is 5.32 Å². The maximum Gasteiger partial charge on any atom is 0.0259 e. The predicted octanol–water partition coefficient (Wildman–Crippen LogP) is 2.79. The number of fused-ring (bicyclic) bond motifs is 1. The van der Waals surface area contributed by atoms with Crippen molar-refractivity contribution in [1.82, 2.24) is 5.32 Å². The Morgan fingerprint density at radius 1 is 0.846 bits per heavy atom. The van der Waals surface area contributed by atoms with Crippen molar-refractivity contribution in [3.8, 4) is 0 Å². The van der Waals surface area contributed by atoms with Crippen molar-refractivity contribution in [3.05, 3.63) is 24.3 Å². The van der Waals surface area contributed by atoms with Crippen LogP contribution in [0.3, 0.4) is 0 Å². The molecule has 0 radical (unpaired) electrons. The van der Waals surface area contributed by atoms with Crippen LogP contribution in [0.25, 0.3) is 0 Å². The fraction of sp³-hybridized carbons (Fsp3) is 0.667. The lowest BCUT2D eigenvalue weighted by Crippen LogP contribution is -1.92. The van der Waals surface area contributed by atoms with Gasteiger partial charge in [-0.05, 0) is 38.5 Å². The van der Waals surface area contributed by atoms with Crippen LogP contribution in [-0.2, 0) is 0 Å². The normalized spacial score (nSPS) is 34.5. The van der Waals surface area contributed by atoms with Crippen LogP contribution in [0, 0.1) is 0 Å². The van der Waals surface area contributed by atoms with Gasteiger partial charge in [0.15, 0.2) is 0 Å². The van der Waals surface area contributed by atoms with Crippen molar-refractivity contribution in [2.45, 2.75) is 50.6 Å². The average Bonchev–Trinajstić information content (AvgIpc) is 2.83. The van der Waals surface area contributed by atoms with Crippen LogP contribution in [0.2, 0.25) is 0 Å². The van der Waals surface area contributed by atoms with E-state index in [0.29, 0.717) is 0 Å². The second-order valence-corrected chi connectivity index (χ2v) is 4.07. The van der Waals surface area contributed by atoms with E-state index in [4.69, 9.17) is 0 Å². The molecule has 1 heteroatoms. The van der Waals surface area contributed by atoms with Crippen LogP contribution < -0.4 is 5.32 Å². The molecule has 72 valence electrons. The van der Waals surface area contributed by atoms with E-state index in [-0.39, 0.29) is 0 Å². The number of hydrogen-bond acceptors (Lipinski definition) is 1. The number of rotatable bonds is 0. The molecule has 1 aliphatic heterocycles. The SMILES string of the molecule is C1=CCCC2NC2CC=CCCC1. The van der Waals surface area contributed by atoms with Gasteiger partial charge in [0.2, 0.25) is 0 Å². The molecule has 2 atom stereocenters. The van der Waals surface area contributed by atoms with Crippen molar-refractivity contribution in [2.24, 2.45) is 0 Å². The molecule has 2 unspecified atom stereocenters. The molecule has 1 fully saturated rings. The molecule has 13 heavy (non-hydrogen) atoms. The van der Waals surface area contributed by atoms with Crippen LogP contribution in [-0.4, -0.2) is 12.1 Å². The van der Waals surface area contributed by atoms with Crippen molar-refractivity contribution in [1.29, 1.82) is 0 Å². The molecule has 0 spiro atoms. The van der Waals surface area contributed by atoms with E-state index in [1.165, 1.54) is 38.5 Å². The fourth-order valence-corrected chi connectivity index (χ4v) is 1.96. The van der Waals surface area contributed by atoms with Gasteiger partial charge in [-0.15, -0.1) is 0 Å². The summed E-state index contributed by atoms with van der Waals surface area (Å²) in [5.41, 5.74) is 0. The summed E-state index contributed by atoms with van der Waals surface area (Å²) in [6.45, 7) is 0. The first-order chi connectivity index (χ1) is 6.47. The third-order valence-corrected chi connectivity index (χ3v) is 2.91. The first kappa shape index (κ1) is 9.01. The number of allylic oxidation sites excluding steroid dienone is 3. The van der Waals surface area contributed by atoms with Crippen LogP contribution >= 0.6 is 0 Å². The van der Waals surface area contributed by atoms with E-state index in [2.05, 4.69) is 29.6 Å². The highest BCUT2D eigenvalue weighted by molar-refractivity contribution is 5.04. The van der Waals surface area contributed by atoms with Gasteiger partial charge in [0, 0.05) is 12.1 Å². The predicted molar refractivity (Wildman–Crippen MR) is 56.7 cm³/mol. The van der Waals surface area contributed by atoms with Crippen molar-refractivity contribution < 1.29 is 0 Å². The summed E-state index contributed by atoms with van der Waals surface area (Å²) < 4.78 is 0. The van der Waals surface area contributed by atoms with Crippen LogP contribution in [0.15, 0.2) is 24.3 Å². The molecule has 0 aromatic carbocycles. The van der Waals surface area contributed by atoms with Gasteiger partial charge >= 0.3 is 0 Å². The zero-order valence-corrected chi connectivity index (χ0v) is 8.21. The number of hydrogen-bond donors (Lipinski definition) is 1. The summed E-state index contributed by atoms with van der Waals surface area (Å²) >= 11 is 0. The zero-order valence-electron chi connectivity index (χ0n) is 8.21. The van der Waals surface area contributed by atoms with Gasteiger partial charge in [0.25, 0.3) is 0 Å². The molecule has 1 aliphatic carbocycles. The summed E-state index contributed by atoms with van der Waals surface area (Å²) in [6, 6.07) is 1.61. The second-order valence-electron chi connectivity index (χ2n) is 4.07. The number of nitrogens with one attached hydrogen (secondary N) is 1. The standard InChI is InChI=1S/C12H19N/c1-2-4-6-8-10-12-11(13-12)9-7-5-3-1/h3,5-6,8,11-13H,1-2,4,7,9-10H2. The first-order valence-electron chi connectivity index (χ1n) is 5.53. The Balaban J connectivity index is 1.80. The molecular formula is C12H19N. The summed E-state index contributed by atoms with van der Waals surface area (Å²) in [4.78, 5) is 0. The second kappa shape index (κ2) is 4.61. The molecule has 0 bridgehead atoms. The van der Waals surface area contributed by atoms with E-state index in [9.17, 15) is 0 Å². The van der Waals surface area contributed by atoms with Gasteiger partial charge in [0.05, 0.1) is 0 Å². The zero-order chi connectivity index (χ0) is 8.93. The highest BCUT2D eigenvalue weighted by Gasteiger charge is 2.33. The Morgan fingerprint density at radius 2 is 1.62 bits per heavy atom. The highest BCUT2D eigenvalue weighted by Crippen LogP contribution is 2.21. The largest absolute Gasteiger partial charge is 0.308 e. The monoisotopic (exact) mass is 177 g/mol. The van der Waals surface area contributed by atoms with Crippen LogP contribution in [0.5, 0.6) is 0 Å². The molecule has 0 amide bonds. The third-order valence-electron chi connectivity index (χ3n) is 2.91. The fourth-order valence-electron chi connectivity index (χ4n) is 1.96. The Morgan fingerprint density at radius 3 is 2.54 bits per heavy atom. The molecule has 1 nitrogen and oxygen atoms in total. The van der Waals surface area contributed by atoms with Crippen molar-refractivity contribution >= 4 is 0 Å². The minimum Gasteiger partial charge on any atom is -0.308 e. The maximum atomic E-state index is 3.52. The average molecular weight is 177 g/mol. The summed E-state index contributed by atoms with van der Waals surface area (Å²) in [6.07, 6.45) is 17.0.